The molecule has 4 nitrogen and oxygen atoms in total. The number of aliphatic hydroxyl groups excluding tert-OH is 1. The van der Waals surface area contributed by atoms with Crippen molar-refractivity contribution in [1.29, 1.82) is 5.26 Å². The van der Waals surface area contributed by atoms with E-state index in [0.29, 0.717) is 6.42 Å². The second kappa shape index (κ2) is 7.21. The lowest BCUT2D eigenvalue weighted by atomic mass is 9.87. The first kappa shape index (κ1) is 15.5. The average molecular weight is 379 g/mol. The molecule has 0 spiro atoms. The standard InChI is InChI=1S/C14H22INO3/c15-10-14-9-12(4-2-8-17)18-13(14)6-5-11(19-14)3-1-7-16/h11-13,17H,1-6,8-10H2/t11-,12-,13-,14+/m0/s1. The minimum absolute atomic E-state index is 0.154. The second-order valence-electron chi connectivity index (χ2n) is 5.53. The van der Waals surface area contributed by atoms with Crippen LogP contribution in [-0.4, -0.2) is 40.1 Å². The Labute approximate surface area is 128 Å². The van der Waals surface area contributed by atoms with Crippen molar-refractivity contribution in [2.24, 2.45) is 0 Å². The van der Waals surface area contributed by atoms with Crippen molar-refractivity contribution < 1.29 is 14.6 Å². The smallest absolute Gasteiger partial charge is 0.106 e. The topological polar surface area (TPSA) is 62.5 Å². The number of nitrogens with zero attached hydrogens (tertiary/aromatic N) is 1. The van der Waals surface area contributed by atoms with Crippen molar-refractivity contribution in [3.8, 4) is 6.07 Å². The van der Waals surface area contributed by atoms with E-state index in [9.17, 15) is 0 Å². The van der Waals surface area contributed by atoms with Crippen molar-refractivity contribution in [3.63, 3.8) is 0 Å². The second-order valence-corrected chi connectivity index (χ2v) is 6.29. The number of hydrogen-bond donors (Lipinski definition) is 1. The first-order valence-corrected chi connectivity index (χ1v) is 8.63. The van der Waals surface area contributed by atoms with Crippen LogP contribution in [0.15, 0.2) is 0 Å². The summed E-state index contributed by atoms with van der Waals surface area (Å²) in [5.41, 5.74) is -0.154. The molecule has 2 saturated heterocycles. The normalized spacial score (nSPS) is 37.8. The zero-order valence-corrected chi connectivity index (χ0v) is 13.3. The van der Waals surface area contributed by atoms with Gasteiger partial charge in [-0.25, -0.2) is 0 Å². The van der Waals surface area contributed by atoms with Crippen LogP contribution in [0.2, 0.25) is 0 Å². The van der Waals surface area contributed by atoms with Crippen LogP contribution in [0.1, 0.15) is 44.9 Å². The molecule has 0 bridgehead atoms. The van der Waals surface area contributed by atoms with Gasteiger partial charge in [0.2, 0.25) is 0 Å². The lowest BCUT2D eigenvalue weighted by molar-refractivity contribution is -0.153. The molecule has 0 aromatic rings. The van der Waals surface area contributed by atoms with Gasteiger partial charge in [0.05, 0.1) is 24.4 Å². The van der Waals surface area contributed by atoms with Crippen molar-refractivity contribution in [2.75, 3.05) is 11.0 Å². The summed E-state index contributed by atoms with van der Waals surface area (Å²) in [5, 5.41) is 17.6. The summed E-state index contributed by atoms with van der Waals surface area (Å²) in [7, 11) is 0. The van der Waals surface area contributed by atoms with Crippen LogP contribution >= 0.6 is 22.6 Å². The van der Waals surface area contributed by atoms with Crippen molar-refractivity contribution in [3.05, 3.63) is 0 Å². The molecule has 0 amide bonds. The van der Waals surface area contributed by atoms with E-state index in [1.54, 1.807) is 0 Å². The molecule has 0 radical (unpaired) electrons. The quantitative estimate of drug-likeness (QED) is 0.569. The highest BCUT2D eigenvalue weighted by Crippen LogP contribution is 2.44. The highest BCUT2D eigenvalue weighted by atomic mass is 127. The third-order valence-corrected chi connectivity index (χ3v) is 5.45. The first-order chi connectivity index (χ1) is 9.24. The van der Waals surface area contributed by atoms with Gasteiger partial charge in [-0.15, -0.1) is 0 Å². The Morgan fingerprint density at radius 3 is 2.84 bits per heavy atom. The van der Waals surface area contributed by atoms with E-state index < -0.39 is 0 Å². The van der Waals surface area contributed by atoms with Gasteiger partial charge in [-0.05, 0) is 32.1 Å². The summed E-state index contributed by atoms with van der Waals surface area (Å²) in [5.74, 6) is 0. The molecule has 2 rings (SSSR count). The van der Waals surface area contributed by atoms with Crippen LogP contribution in [0.5, 0.6) is 0 Å². The number of alkyl halides is 1. The number of fused-ring (bicyclic) bond motifs is 1. The van der Waals surface area contributed by atoms with E-state index in [1.165, 1.54) is 0 Å². The monoisotopic (exact) mass is 379 g/mol. The maximum Gasteiger partial charge on any atom is 0.106 e. The molecule has 2 aliphatic heterocycles. The largest absolute Gasteiger partial charge is 0.396 e. The third-order valence-electron chi connectivity index (χ3n) is 4.16. The molecule has 4 atom stereocenters. The number of ether oxygens (including phenoxy) is 2. The number of rotatable bonds is 6. The molecule has 0 aromatic carbocycles. The van der Waals surface area contributed by atoms with Crippen molar-refractivity contribution >= 4 is 22.6 Å². The highest BCUT2D eigenvalue weighted by molar-refractivity contribution is 14.1. The van der Waals surface area contributed by atoms with Gasteiger partial charge in [-0.1, -0.05) is 22.6 Å². The van der Waals surface area contributed by atoms with Crippen LogP contribution in [0.25, 0.3) is 0 Å². The predicted octanol–water partition coefficient (Wildman–Crippen LogP) is 2.57. The summed E-state index contributed by atoms with van der Waals surface area (Å²) in [4.78, 5) is 0. The molecular weight excluding hydrogens is 357 g/mol. The molecule has 2 heterocycles. The fraction of sp³-hybridized carbons (Fsp3) is 0.929. The van der Waals surface area contributed by atoms with Crippen LogP contribution < -0.4 is 0 Å². The zero-order chi connectivity index (χ0) is 13.7. The lowest BCUT2D eigenvalue weighted by Gasteiger charge is -2.41. The molecular formula is C14H22INO3. The van der Waals surface area contributed by atoms with E-state index in [4.69, 9.17) is 19.8 Å². The van der Waals surface area contributed by atoms with Gasteiger partial charge >= 0.3 is 0 Å². The number of halogens is 1. The number of hydrogen-bond acceptors (Lipinski definition) is 4. The third kappa shape index (κ3) is 3.60. The summed E-state index contributed by atoms with van der Waals surface area (Å²) in [6.45, 7) is 0.230. The molecule has 0 aromatic heterocycles. The van der Waals surface area contributed by atoms with Crippen molar-refractivity contribution in [1.82, 2.24) is 0 Å². The van der Waals surface area contributed by atoms with E-state index in [-0.39, 0.29) is 30.5 Å². The summed E-state index contributed by atoms with van der Waals surface area (Å²) in [6, 6.07) is 2.20. The molecule has 0 saturated carbocycles. The molecule has 1 N–H and O–H groups in total. The predicted molar refractivity (Wildman–Crippen MR) is 80.2 cm³/mol. The van der Waals surface area contributed by atoms with Crippen LogP contribution in [0.4, 0.5) is 0 Å². The van der Waals surface area contributed by atoms with Crippen LogP contribution in [0.3, 0.4) is 0 Å². The first-order valence-electron chi connectivity index (χ1n) is 7.11. The molecule has 108 valence electrons. The van der Waals surface area contributed by atoms with Gasteiger partial charge < -0.3 is 14.6 Å². The Morgan fingerprint density at radius 1 is 1.32 bits per heavy atom. The summed E-state index contributed by atoms with van der Waals surface area (Å²) in [6.07, 6.45) is 6.73. The number of nitriles is 1. The molecule has 0 aliphatic carbocycles. The average Bonchev–Trinajstić information content (AvgIpc) is 2.81. The minimum atomic E-state index is -0.154. The molecule has 5 heteroatoms. The van der Waals surface area contributed by atoms with Gasteiger partial charge in [-0.2, -0.15) is 5.26 Å². The Hall–Kier alpha value is 0.1000. The Bertz CT molecular complexity index is 333. The molecule has 2 aliphatic rings. The molecule has 2 fully saturated rings. The van der Waals surface area contributed by atoms with E-state index in [2.05, 4.69) is 28.7 Å². The Balaban J connectivity index is 1.95. The Kier molecular flexibility index (Phi) is 5.87. The van der Waals surface area contributed by atoms with Crippen LogP contribution in [-0.2, 0) is 9.47 Å². The van der Waals surface area contributed by atoms with Gasteiger partial charge in [0.1, 0.15) is 5.60 Å². The molecule has 19 heavy (non-hydrogen) atoms. The lowest BCUT2D eigenvalue weighted by Crippen LogP contribution is -2.49. The Morgan fingerprint density at radius 2 is 2.16 bits per heavy atom. The van der Waals surface area contributed by atoms with Gasteiger partial charge in [0.25, 0.3) is 0 Å². The van der Waals surface area contributed by atoms with E-state index in [0.717, 1.165) is 43.0 Å². The van der Waals surface area contributed by atoms with E-state index >= 15 is 0 Å². The minimum Gasteiger partial charge on any atom is -0.396 e. The zero-order valence-electron chi connectivity index (χ0n) is 11.2. The maximum absolute atomic E-state index is 8.93. The molecule has 0 unspecified atom stereocenters. The SMILES string of the molecule is N#CCC[C@H]1CC[C@@H]2O[C@@H](CCCO)C[C@]2(CI)O1. The van der Waals surface area contributed by atoms with Gasteiger partial charge in [0.15, 0.2) is 0 Å². The summed E-state index contributed by atoms with van der Waals surface area (Å²) < 4.78 is 13.4. The van der Waals surface area contributed by atoms with Crippen LogP contribution in [0, 0.1) is 11.3 Å². The van der Waals surface area contributed by atoms with Gasteiger partial charge in [0, 0.05) is 23.9 Å². The maximum atomic E-state index is 8.93. The summed E-state index contributed by atoms with van der Waals surface area (Å²) >= 11 is 2.39. The highest BCUT2D eigenvalue weighted by Gasteiger charge is 2.51. The van der Waals surface area contributed by atoms with E-state index in [1.807, 2.05) is 0 Å². The number of aliphatic hydroxyl groups is 1. The fourth-order valence-electron chi connectivity index (χ4n) is 3.19. The van der Waals surface area contributed by atoms with Crippen molar-refractivity contribution in [2.45, 2.75) is 68.9 Å². The van der Waals surface area contributed by atoms with Gasteiger partial charge in [-0.3, -0.25) is 0 Å². The fourth-order valence-corrected chi connectivity index (χ4v) is 4.18.